The van der Waals surface area contributed by atoms with E-state index in [0.29, 0.717) is 22.2 Å². The molecule has 0 bridgehead atoms. The van der Waals surface area contributed by atoms with E-state index in [9.17, 15) is 9.59 Å². The first-order chi connectivity index (χ1) is 13.6. The topological polar surface area (TPSA) is 108 Å². The van der Waals surface area contributed by atoms with E-state index in [4.69, 9.17) is 4.74 Å². The molecular formula is C18H17N5O4S. The molecule has 0 saturated carbocycles. The Morgan fingerprint density at radius 2 is 1.93 bits per heavy atom. The molecule has 1 amide bonds. The van der Waals surface area contributed by atoms with E-state index >= 15 is 0 Å². The Labute approximate surface area is 165 Å². The molecule has 9 nitrogen and oxygen atoms in total. The molecule has 0 aliphatic heterocycles. The molecule has 0 aliphatic rings. The van der Waals surface area contributed by atoms with Gasteiger partial charge in [-0.1, -0.05) is 17.8 Å². The minimum Gasteiger partial charge on any atom is -0.497 e. The number of nitrogens with one attached hydrogen (secondary N) is 1. The molecule has 1 heterocycles. The fourth-order valence-electron chi connectivity index (χ4n) is 2.31. The van der Waals surface area contributed by atoms with E-state index in [1.165, 1.54) is 23.6 Å². The van der Waals surface area contributed by atoms with Gasteiger partial charge in [0.15, 0.2) is 0 Å². The van der Waals surface area contributed by atoms with Crippen LogP contribution in [0.2, 0.25) is 0 Å². The fraction of sp³-hybridized carbons (Fsp3) is 0.167. The fourth-order valence-corrected chi connectivity index (χ4v) is 3.00. The van der Waals surface area contributed by atoms with E-state index in [1.807, 2.05) is 18.2 Å². The van der Waals surface area contributed by atoms with Crippen molar-refractivity contribution in [2.24, 2.45) is 0 Å². The van der Waals surface area contributed by atoms with Crippen LogP contribution in [0.4, 0.5) is 5.69 Å². The summed E-state index contributed by atoms with van der Waals surface area (Å²) in [4.78, 5) is 23.6. The number of tetrazole rings is 1. The second kappa shape index (κ2) is 9.00. The van der Waals surface area contributed by atoms with Gasteiger partial charge >= 0.3 is 5.97 Å². The number of aromatic nitrogens is 4. The Morgan fingerprint density at radius 1 is 1.14 bits per heavy atom. The van der Waals surface area contributed by atoms with Crippen LogP contribution >= 0.6 is 11.8 Å². The summed E-state index contributed by atoms with van der Waals surface area (Å²) < 4.78 is 11.4. The molecule has 0 atom stereocenters. The molecule has 0 fully saturated rings. The van der Waals surface area contributed by atoms with Gasteiger partial charge in [-0.2, -0.15) is 4.68 Å². The van der Waals surface area contributed by atoms with Crippen LogP contribution in [0.3, 0.4) is 0 Å². The number of benzene rings is 2. The molecule has 0 unspecified atom stereocenters. The first-order valence-electron chi connectivity index (χ1n) is 8.14. The zero-order valence-electron chi connectivity index (χ0n) is 15.2. The number of hydrogen-bond donors (Lipinski definition) is 1. The monoisotopic (exact) mass is 399 g/mol. The van der Waals surface area contributed by atoms with Crippen molar-refractivity contribution >= 4 is 29.3 Å². The molecule has 0 aliphatic carbocycles. The normalized spacial score (nSPS) is 10.4. The van der Waals surface area contributed by atoms with Crippen molar-refractivity contribution < 1.29 is 19.1 Å². The molecule has 3 rings (SSSR count). The van der Waals surface area contributed by atoms with Gasteiger partial charge in [0.05, 0.1) is 31.2 Å². The minimum absolute atomic E-state index is 0.114. The smallest absolute Gasteiger partial charge is 0.337 e. The van der Waals surface area contributed by atoms with Gasteiger partial charge in [0, 0.05) is 11.8 Å². The largest absolute Gasteiger partial charge is 0.497 e. The van der Waals surface area contributed by atoms with Crippen LogP contribution in [0.1, 0.15) is 10.4 Å². The first kappa shape index (κ1) is 19.4. The number of nitrogens with zero attached hydrogens (tertiary/aromatic N) is 4. The van der Waals surface area contributed by atoms with E-state index in [2.05, 4.69) is 25.6 Å². The number of amides is 1. The number of thioether (sulfide) groups is 1. The highest BCUT2D eigenvalue weighted by atomic mass is 32.2. The molecule has 2 aromatic carbocycles. The Kier molecular flexibility index (Phi) is 6.22. The van der Waals surface area contributed by atoms with Gasteiger partial charge in [-0.15, -0.1) is 5.10 Å². The van der Waals surface area contributed by atoms with Crippen LogP contribution in [0.15, 0.2) is 53.7 Å². The van der Waals surface area contributed by atoms with Gasteiger partial charge in [-0.3, -0.25) is 4.79 Å². The van der Waals surface area contributed by atoms with Gasteiger partial charge in [0.1, 0.15) is 5.75 Å². The molecule has 0 radical (unpaired) electrons. The number of hydrogen-bond acceptors (Lipinski definition) is 8. The van der Waals surface area contributed by atoms with Crippen LogP contribution in [0.25, 0.3) is 5.69 Å². The van der Waals surface area contributed by atoms with Crippen molar-refractivity contribution in [3.05, 3.63) is 54.1 Å². The highest BCUT2D eigenvalue weighted by Crippen LogP contribution is 2.21. The molecule has 28 heavy (non-hydrogen) atoms. The predicted octanol–water partition coefficient (Wildman–Crippen LogP) is 2.19. The van der Waals surface area contributed by atoms with Crippen molar-refractivity contribution in [1.82, 2.24) is 20.2 Å². The standard InChI is InChI=1S/C18H17N5O4S/c1-26-15-5-3-4-14(10-15)23-18(20-21-22-23)28-11-16(24)19-13-8-6-12(7-9-13)17(25)27-2/h3-10H,11H2,1-2H3,(H,19,24). The molecular weight excluding hydrogens is 382 g/mol. The highest BCUT2D eigenvalue weighted by molar-refractivity contribution is 7.99. The van der Waals surface area contributed by atoms with E-state index in [-0.39, 0.29) is 11.7 Å². The Morgan fingerprint density at radius 3 is 2.64 bits per heavy atom. The summed E-state index contributed by atoms with van der Waals surface area (Å²) in [5.41, 5.74) is 1.71. The summed E-state index contributed by atoms with van der Waals surface area (Å²) in [6, 6.07) is 13.7. The average Bonchev–Trinajstić information content (AvgIpc) is 3.21. The van der Waals surface area contributed by atoms with Crippen LogP contribution < -0.4 is 10.1 Å². The Balaban J connectivity index is 1.61. The summed E-state index contributed by atoms with van der Waals surface area (Å²) >= 11 is 1.20. The SMILES string of the molecule is COC(=O)c1ccc(NC(=O)CSc2nnnn2-c2cccc(OC)c2)cc1. The third-order valence-electron chi connectivity index (χ3n) is 3.66. The van der Waals surface area contributed by atoms with Crippen molar-refractivity contribution in [2.45, 2.75) is 5.16 Å². The van der Waals surface area contributed by atoms with Crippen molar-refractivity contribution in [3.63, 3.8) is 0 Å². The van der Waals surface area contributed by atoms with E-state index in [0.717, 1.165) is 5.69 Å². The molecule has 10 heteroatoms. The summed E-state index contributed by atoms with van der Waals surface area (Å²) in [6.45, 7) is 0. The lowest BCUT2D eigenvalue weighted by molar-refractivity contribution is -0.113. The zero-order chi connectivity index (χ0) is 19.9. The van der Waals surface area contributed by atoms with Crippen molar-refractivity contribution in [3.8, 4) is 11.4 Å². The lowest BCUT2D eigenvalue weighted by Crippen LogP contribution is -2.14. The number of methoxy groups -OCH3 is 2. The number of anilines is 1. The van der Waals surface area contributed by atoms with Gasteiger partial charge in [-0.25, -0.2) is 4.79 Å². The quantitative estimate of drug-likeness (QED) is 0.476. The second-order valence-corrected chi connectivity index (χ2v) is 6.42. The van der Waals surface area contributed by atoms with Gasteiger partial charge < -0.3 is 14.8 Å². The zero-order valence-corrected chi connectivity index (χ0v) is 16.0. The maximum atomic E-state index is 12.2. The summed E-state index contributed by atoms with van der Waals surface area (Å²) in [6.07, 6.45) is 0. The molecule has 3 aromatic rings. The van der Waals surface area contributed by atoms with Crippen LogP contribution in [-0.2, 0) is 9.53 Å². The number of ether oxygens (including phenoxy) is 2. The minimum atomic E-state index is -0.433. The number of rotatable bonds is 7. The predicted molar refractivity (Wildman–Crippen MR) is 103 cm³/mol. The Bertz CT molecular complexity index is 974. The highest BCUT2D eigenvalue weighted by Gasteiger charge is 2.13. The summed E-state index contributed by atoms with van der Waals surface area (Å²) in [5, 5.41) is 14.8. The third-order valence-corrected chi connectivity index (χ3v) is 4.58. The second-order valence-electron chi connectivity index (χ2n) is 5.48. The van der Waals surface area contributed by atoms with Gasteiger partial charge in [0.25, 0.3) is 0 Å². The van der Waals surface area contributed by atoms with E-state index in [1.54, 1.807) is 37.4 Å². The number of carbonyl (C=O) groups is 2. The van der Waals surface area contributed by atoms with Crippen molar-refractivity contribution in [1.29, 1.82) is 0 Å². The van der Waals surface area contributed by atoms with Crippen LogP contribution in [0, 0.1) is 0 Å². The van der Waals surface area contributed by atoms with Crippen LogP contribution in [-0.4, -0.2) is 52.1 Å². The number of carbonyl (C=O) groups excluding carboxylic acids is 2. The molecule has 144 valence electrons. The van der Waals surface area contributed by atoms with Gasteiger partial charge in [-0.05, 0) is 46.8 Å². The lowest BCUT2D eigenvalue weighted by Gasteiger charge is -2.07. The molecule has 1 aromatic heterocycles. The summed E-state index contributed by atoms with van der Waals surface area (Å²) in [7, 11) is 2.89. The average molecular weight is 399 g/mol. The Hall–Kier alpha value is -3.40. The third kappa shape index (κ3) is 4.65. The van der Waals surface area contributed by atoms with Gasteiger partial charge in [0.2, 0.25) is 11.1 Å². The molecule has 0 saturated heterocycles. The first-order valence-corrected chi connectivity index (χ1v) is 9.13. The number of esters is 1. The molecule has 1 N–H and O–H groups in total. The lowest BCUT2D eigenvalue weighted by atomic mass is 10.2. The molecule has 0 spiro atoms. The maximum absolute atomic E-state index is 12.2. The summed E-state index contributed by atoms with van der Waals surface area (Å²) in [5.74, 6) is 0.134. The van der Waals surface area contributed by atoms with Crippen molar-refractivity contribution in [2.75, 3.05) is 25.3 Å². The van der Waals surface area contributed by atoms with Crippen LogP contribution in [0.5, 0.6) is 5.75 Å². The van der Waals surface area contributed by atoms with E-state index < -0.39 is 5.97 Å². The maximum Gasteiger partial charge on any atom is 0.337 e.